The van der Waals surface area contributed by atoms with Crippen molar-refractivity contribution < 1.29 is 0 Å². The van der Waals surface area contributed by atoms with E-state index in [0.29, 0.717) is 5.04 Å². The summed E-state index contributed by atoms with van der Waals surface area (Å²) >= 11 is 5.92. The van der Waals surface area contributed by atoms with Crippen molar-refractivity contribution in [1.29, 1.82) is 0 Å². The van der Waals surface area contributed by atoms with Crippen LogP contribution in [0, 0.1) is 0 Å². The SMILES string of the molecule is CNC(Cl)CCC[SiH2]C(C)(C)C. The molecule has 0 aromatic heterocycles. The number of hydrogen-bond donors (Lipinski definition) is 1. The Kier molecular flexibility index (Phi) is 6.24. The average molecular weight is 208 g/mol. The first kappa shape index (κ1) is 12.5. The van der Waals surface area contributed by atoms with Gasteiger partial charge in [0.15, 0.2) is 0 Å². The van der Waals surface area contributed by atoms with Gasteiger partial charge in [-0.3, -0.25) is 0 Å². The molecule has 0 amide bonds. The van der Waals surface area contributed by atoms with Gasteiger partial charge in [0, 0.05) is 9.52 Å². The van der Waals surface area contributed by atoms with Crippen LogP contribution in [-0.4, -0.2) is 22.1 Å². The molecule has 1 atom stereocenters. The number of hydrogen-bond acceptors (Lipinski definition) is 1. The predicted molar refractivity (Wildman–Crippen MR) is 61.0 cm³/mol. The average Bonchev–Trinajstić information content (AvgIpc) is 1.96. The van der Waals surface area contributed by atoms with Gasteiger partial charge in [0.2, 0.25) is 0 Å². The van der Waals surface area contributed by atoms with Gasteiger partial charge in [0.05, 0.1) is 5.50 Å². The highest BCUT2D eigenvalue weighted by Gasteiger charge is 2.10. The van der Waals surface area contributed by atoms with E-state index in [1.807, 2.05) is 7.05 Å². The molecule has 0 rings (SSSR count). The summed E-state index contributed by atoms with van der Waals surface area (Å²) in [6.45, 7) is 7.03. The van der Waals surface area contributed by atoms with Gasteiger partial charge in [-0.25, -0.2) is 0 Å². The number of nitrogens with one attached hydrogen (secondary N) is 1. The second-order valence-electron chi connectivity index (χ2n) is 4.56. The lowest BCUT2D eigenvalue weighted by molar-refractivity contribution is 0.648. The van der Waals surface area contributed by atoms with Crippen molar-refractivity contribution in [1.82, 2.24) is 5.32 Å². The van der Waals surface area contributed by atoms with Gasteiger partial charge in [0.25, 0.3) is 0 Å². The van der Waals surface area contributed by atoms with Crippen molar-refractivity contribution in [2.75, 3.05) is 7.05 Å². The quantitative estimate of drug-likeness (QED) is 0.316. The Hall–Kier alpha value is 0.467. The van der Waals surface area contributed by atoms with Crippen LogP contribution in [0.4, 0.5) is 0 Å². The van der Waals surface area contributed by atoms with Crippen molar-refractivity contribution in [3.63, 3.8) is 0 Å². The molecule has 0 bridgehead atoms. The molecule has 1 nitrogen and oxygen atoms in total. The molecular weight excluding hydrogens is 186 g/mol. The maximum Gasteiger partial charge on any atom is 0.0822 e. The molecule has 3 heteroatoms. The molecule has 0 saturated carbocycles. The van der Waals surface area contributed by atoms with Gasteiger partial charge < -0.3 is 5.32 Å². The summed E-state index contributed by atoms with van der Waals surface area (Å²) in [6, 6.07) is 1.42. The largest absolute Gasteiger partial charge is 0.304 e. The van der Waals surface area contributed by atoms with Crippen molar-refractivity contribution in [2.45, 2.75) is 50.2 Å². The van der Waals surface area contributed by atoms with E-state index >= 15 is 0 Å². The highest BCUT2D eigenvalue weighted by atomic mass is 35.5. The van der Waals surface area contributed by atoms with E-state index in [9.17, 15) is 0 Å². The minimum Gasteiger partial charge on any atom is -0.304 e. The highest BCUT2D eigenvalue weighted by Crippen LogP contribution is 2.22. The van der Waals surface area contributed by atoms with Gasteiger partial charge in [-0.1, -0.05) is 33.2 Å². The predicted octanol–water partition coefficient (Wildman–Crippen LogP) is 2.36. The van der Waals surface area contributed by atoms with Crippen LogP contribution in [-0.2, 0) is 0 Å². The molecule has 0 heterocycles. The van der Waals surface area contributed by atoms with Crippen LogP contribution in [0.1, 0.15) is 33.6 Å². The van der Waals surface area contributed by atoms with Crippen LogP contribution in [0.5, 0.6) is 0 Å². The molecule has 0 fully saturated rings. The second-order valence-corrected chi connectivity index (χ2v) is 8.42. The molecule has 1 unspecified atom stereocenters. The lowest BCUT2D eigenvalue weighted by Gasteiger charge is -2.17. The van der Waals surface area contributed by atoms with Crippen LogP contribution < -0.4 is 5.32 Å². The van der Waals surface area contributed by atoms with E-state index in [0.717, 1.165) is 6.42 Å². The summed E-state index contributed by atoms with van der Waals surface area (Å²) in [6.07, 6.45) is 2.40. The number of rotatable bonds is 5. The van der Waals surface area contributed by atoms with Gasteiger partial charge in [0.1, 0.15) is 0 Å². The van der Waals surface area contributed by atoms with E-state index in [1.165, 1.54) is 12.5 Å². The summed E-state index contributed by atoms with van der Waals surface area (Å²) in [4.78, 5) is 0. The molecule has 0 spiro atoms. The normalized spacial score (nSPS) is 15.8. The molecule has 0 aromatic carbocycles. The number of halogens is 1. The summed E-state index contributed by atoms with van der Waals surface area (Å²) in [5.41, 5.74) is 0.180. The first-order chi connectivity index (χ1) is 5.45. The Morgan fingerprint density at radius 1 is 1.42 bits per heavy atom. The third-order valence-corrected chi connectivity index (χ3v) is 4.74. The van der Waals surface area contributed by atoms with Gasteiger partial charge in [-0.2, -0.15) is 0 Å². The first-order valence-electron chi connectivity index (χ1n) is 4.77. The Labute approximate surface area is 84.1 Å². The maximum absolute atomic E-state index is 5.92. The monoisotopic (exact) mass is 207 g/mol. The lowest BCUT2D eigenvalue weighted by Crippen LogP contribution is -2.18. The maximum atomic E-state index is 5.92. The fourth-order valence-electron chi connectivity index (χ4n) is 1.12. The fraction of sp³-hybridized carbons (Fsp3) is 1.00. The van der Waals surface area contributed by atoms with Gasteiger partial charge >= 0.3 is 0 Å². The Morgan fingerprint density at radius 2 is 2.00 bits per heavy atom. The van der Waals surface area contributed by atoms with E-state index < -0.39 is 0 Å². The fourth-order valence-corrected chi connectivity index (χ4v) is 2.88. The molecule has 0 aliphatic carbocycles. The molecule has 12 heavy (non-hydrogen) atoms. The molecule has 0 saturated heterocycles. The molecule has 74 valence electrons. The minimum absolute atomic E-state index is 0.113. The Bertz CT molecular complexity index is 112. The number of alkyl halides is 1. The molecule has 0 radical (unpaired) electrons. The zero-order valence-electron chi connectivity index (χ0n) is 8.78. The van der Waals surface area contributed by atoms with Crippen LogP contribution in [0.25, 0.3) is 0 Å². The van der Waals surface area contributed by atoms with Crippen molar-refractivity contribution in [3.05, 3.63) is 0 Å². The zero-order chi connectivity index (χ0) is 9.61. The summed E-state index contributed by atoms with van der Waals surface area (Å²) < 4.78 is 0. The third kappa shape index (κ3) is 8.56. The topological polar surface area (TPSA) is 12.0 Å². The lowest BCUT2D eigenvalue weighted by atomic mass is 10.2. The van der Waals surface area contributed by atoms with Crippen molar-refractivity contribution in [2.24, 2.45) is 0 Å². The van der Waals surface area contributed by atoms with Gasteiger partial charge in [-0.15, -0.1) is 11.6 Å². The van der Waals surface area contributed by atoms with Crippen LogP contribution in [0.15, 0.2) is 0 Å². The zero-order valence-corrected chi connectivity index (χ0v) is 11.0. The van der Waals surface area contributed by atoms with Crippen LogP contribution in [0.3, 0.4) is 0 Å². The molecule has 0 aliphatic rings. The van der Waals surface area contributed by atoms with Crippen molar-refractivity contribution >= 4 is 21.1 Å². The van der Waals surface area contributed by atoms with Crippen LogP contribution in [0.2, 0.25) is 11.1 Å². The van der Waals surface area contributed by atoms with E-state index in [1.54, 1.807) is 0 Å². The molecule has 1 N–H and O–H groups in total. The second kappa shape index (κ2) is 6.00. The molecular formula is C9H22ClNSi. The first-order valence-corrected chi connectivity index (χ1v) is 6.91. The third-order valence-electron chi connectivity index (χ3n) is 1.95. The smallest absolute Gasteiger partial charge is 0.0822 e. The highest BCUT2D eigenvalue weighted by molar-refractivity contribution is 6.39. The van der Waals surface area contributed by atoms with Crippen LogP contribution >= 0.6 is 11.6 Å². The van der Waals surface area contributed by atoms with Gasteiger partial charge in [-0.05, 0) is 18.5 Å². The summed E-state index contributed by atoms with van der Waals surface area (Å²) in [5.74, 6) is 0. The molecule has 0 aromatic rings. The summed E-state index contributed by atoms with van der Waals surface area (Å²) in [5, 5.41) is 3.66. The Balaban J connectivity index is 3.22. The van der Waals surface area contributed by atoms with E-state index in [4.69, 9.17) is 11.6 Å². The summed E-state index contributed by atoms with van der Waals surface area (Å²) in [7, 11) is 2.03. The van der Waals surface area contributed by atoms with Crippen molar-refractivity contribution in [3.8, 4) is 0 Å². The standard InChI is InChI=1S/C9H22ClNSi/c1-9(2,3)12-7-5-6-8(10)11-4/h8,11H,5-7,12H2,1-4H3. The minimum atomic E-state index is 0.113. The Morgan fingerprint density at radius 3 is 2.42 bits per heavy atom. The van der Waals surface area contributed by atoms with E-state index in [-0.39, 0.29) is 15.0 Å². The van der Waals surface area contributed by atoms with E-state index in [2.05, 4.69) is 26.1 Å². The molecule has 0 aliphatic heterocycles.